The molecule has 3 heteroatoms. The lowest BCUT2D eigenvalue weighted by Crippen LogP contribution is -2.41. The van der Waals surface area contributed by atoms with Gasteiger partial charge in [0.2, 0.25) is 0 Å². The lowest BCUT2D eigenvalue weighted by Gasteiger charge is -2.34. The maximum Gasteiger partial charge on any atom is 0.306 e. The predicted octanol–water partition coefficient (Wildman–Crippen LogP) is 0.871. The van der Waals surface area contributed by atoms with Crippen molar-refractivity contribution in [1.82, 2.24) is 0 Å². The fourth-order valence-corrected chi connectivity index (χ4v) is 1.70. The summed E-state index contributed by atoms with van der Waals surface area (Å²) < 4.78 is 10.6. The molecule has 0 aromatic heterocycles. The topological polar surface area (TPSA) is 35.5 Å². The monoisotopic (exact) mass is 156 g/mol. The number of hydrogen-bond acceptors (Lipinski definition) is 3. The van der Waals surface area contributed by atoms with Gasteiger partial charge >= 0.3 is 5.97 Å². The number of fused-ring (bicyclic) bond motifs is 1. The molecule has 2 rings (SSSR count). The van der Waals surface area contributed by atoms with E-state index in [0.717, 1.165) is 25.9 Å². The minimum Gasteiger partial charge on any atom is -0.460 e. The summed E-state index contributed by atoms with van der Waals surface area (Å²) in [6.45, 7) is 0.832. The Labute approximate surface area is 65.7 Å². The van der Waals surface area contributed by atoms with Crippen molar-refractivity contribution >= 4 is 5.97 Å². The molecule has 2 atom stereocenters. The molecule has 2 aliphatic heterocycles. The van der Waals surface area contributed by atoms with Crippen LogP contribution in [-0.4, -0.2) is 24.8 Å². The Morgan fingerprint density at radius 1 is 1.27 bits per heavy atom. The van der Waals surface area contributed by atoms with E-state index in [4.69, 9.17) is 9.47 Å². The molecule has 0 unspecified atom stereocenters. The van der Waals surface area contributed by atoms with E-state index in [9.17, 15) is 4.79 Å². The molecule has 11 heavy (non-hydrogen) atoms. The van der Waals surface area contributed by atoms with Crippen LogP contribution in [0.5, 0.6) is 0 Å². The van der Waals surface area contributed by atoms with Crippen molar-refractivity contribution in [3.8, 4) is 0 Å². The lowest BCUT2D eigenvalue weighted by molar-refractivity contribution is -0.175. The zero-order valence-corrected chi connectivity index (χ0v) is 6.41. The van der Waals surface area contributed by atoms with Crippen LogP contribution in [0.1, 0.15) is 25.7 Å². The molecule has 0 spiro atoms. The highest BCUT2D eigenvalue weighted by Crippen LogP contribution is 2.25. The van der Waals surface area contributed by atoms with Crippen LogP contribution in [0.4, 0.5) is 0 Å². The fraction of sp³-hybridized carbons (Fsp3) is 0.875. The summed E-state index contributed by atoms with van der Waals surface area (Å²) in [4.78, 5) is 10.8. The average molecular weight is 156 g/mol. The minimum atomic E-state index is -0.0586. The smallest absolute Gasteiger partial charge is 0.306 e. The molecule has 2 heterocycles. The number of esters is 1. The first kappa shape index (κ1) is 7.10. The summed E-state index contributed by atoms with van der Waals surface area (Å²) in [5.74, 6) is -0.0586. The van der Waals surface area contributed by atoms with Crippen LogP contribution in [0.15, 0.2) is 0 Å². The van der Waals surface area contributed by atoms with Gasteiger partial charge in [0, 0.05) is 13.0 Å². The van der Waals surface area contributed by atoms with Gasteiger partial charge < -0.3 is 9.47 Å². The fourth-order valence-electron chi connectivity index (χ4n) is 1.70. The van der Waals surface area contributed by atoms with Gasteiger partial charge in [-0.3, -0.25) is 4.79 Å². The third-order valence-corrected chi connectivity index (χ3v) is 2.30. The van der Waals surface area contributed by atoms with Gasteiger partial charge in [0.1, 0.15) is 6.10 Å². The Balaban J connectivity index is 1.98. The molecule has 0 aliphatic carbocycles. The highest BCUT2D eigenvalue weighted by molar-refractivity contribution is 5.70. The maximum absolute atomic E-state index is 10.8. The molecular formula is C8H12O3. The van der Waals surface area contributed by atoms with Gasteiger partial charge in [0.25, 0.3) is 0 Å². The molecule has 0 bridgehead atoms. The van der Waals surface area contributed by atoms with Gasteiger partial charge in [0.05, 0.1) is 6.10 Å². The molecule has 0 saturated carbocycles. The molecule has 2 saturated heterocycles. The second kappa shape index (κ2) is 2.81. The van der Waals surface area contributed by atoms with Crippen LogP contribution in [-0.2, 0) is 14.3 Å². The van der Waals surface area contributed by atoms with E-state index < -0.39 is 0 Å². The number of ether oxygens (including phenoxy) is 2. The summed E-state index contributed by atoms with van der Waals surface area (Å²) in [6.07, 6.45) is 3.64. The molecule has 62 valence electrons. The summed E-state index contributed by atoms with van der Waals surface area (Å²) >= 11 is 0. The Bertz CT molecular complexity index is 167. The second-order valence-electron chi connectivity index (χ2n) is 3.12. The van der Waals surface area contributed by atoms with Crippen LogP contribution in [0.25, 0.3) is 0 Å². The Morgan fingerprint density at radius 3 is 3.09 bits per heavy atom. The van der Waals surface area contributed by atoms with Gasteiger partial charge in [-0.2, -0.15) is 0 Å². The van der Waals surface area contributed by atoms with Crippen molar-refractivity contribution < 1.29 is 14.3 Å². The third kappa shape index (κ3) is 1.38. The summed E-state index contributed by atoms with van der Waals surface area (Å²) in [5, 5.41) is 0. The van der Waals surface area contributed by atoms with E-state index in [-0.39, 0.29) is 18.2 Å². The molecule has 2 aliphatic rings. The summed E-state index contributed by atoms with van der Waals surface area (Å²) in [6, 6.07) is 0. The molecule has 2 fully saturated rings. The van der Waals surface area contributed by atoms with E-state index in [1.165, 1.54) is 0 Å². The number of hydrogen-bond donors (Lipinski definition) is 0. The molecule has 0 amide bonds. The van der Waals surface area contributed by atoms with Crippen molar-refractivity contribution in [3.05, 3.63) is 0 Å². The summed E-state index contributed by atoms with van der Waals surface area (Å²) in [7, 11) is 0. The van der Waals surface area contributed by atoms with E-state index in [1.54, 1.807) is 0 Å². The standard InChI is InChI=1S/C8H12O3/c9-8-4-3-6-7(11-8)2-1-5-10-6/h6-7H,1-5H2/t6-,7-/m1/s1. The van der Waals surface area contributed by atoms with Crippen molar-refractivity contribution in [3.63, 3.8) is 0 Å². The molecule has 0 radical (unpaired) electrons. The lowest BCUT2D eigenvalue weighted by atomic mass is 9.99. The average Bonchev–Trinajstić information content (AvgIpc) is 2.04. The van der Waals surface area contributed by atoms with Gasteiger partial charge in [0.15, 0.2) is 0 Å². The maximum atomic E-state index is 10.8. The zero-order valence-electron chi connectivity index (χ0n) is 6.41. The number of carbonyl (C=O) groups excluding carboxylic acids is 1. The molecular weight excluding hydrogens is 144 g/mol. The largest absolute Gasteiger partial charge is 0.460 e. The van der Waals surface area contributed by atoms with E-state index >= 15 is 0 Å². The van der Waals surface area contributed by atoms with Crippen molar-refractivity contribution in [2.45, 2.75) is 37.9 Å². The van der Waals surface area contributed by atoms with Crippen molar-refractivity contribution in [2.75, 3.05) is 6.61 Å². The van der Waals surface area contributed by atoms with Gasteiger partial charge in [-0.15, -0.1) is 0 Å². The zero-order chi connectivity index (χ0) is 7.68. The third-order valence-electron chi connectivity index (χ3n) is 2.30. The van der Waals surface area contributed by atoms with Gasteiger partial charge in [-0.05, 0) is 19.3 Å². The Hall–Kier alpha value is -0.570. The number of carbonyl (C=O) groups is 1. The highest BCUT2D eigenvalue weighted by Gasteiger charge is 2.33. The first-order chi connectivity index (χ1) is 5.36. The van der Waals surface area contributed by atoms with Crippen LogP contribution < -0.4 is 0 Å². The first-order valence-corrected chi connectivity index (χ1v) is 4.17. The quantitative estimate of drug-likeness (QED) is 0.488. The van der Waals surface area contributed by atoms with E-state index in [0.29, 0.717) is 6.42 Å². The van der Waals surface area contributed by atoms with Crippen molar-refractivity contribution in [1.29, 1.82) is 0 Å². The Kier molecular flexibility index (Phi) is 1.82. The van der Waals surface area contributed by atoms with Crippen LogP contribution in [0.2, 0.25) is 0 Å². The minimum absolute atomic E-state index is 0.0586. The molecule has 0 aromatic rings. The normalized spacial score (nSPS) is 37.6. The highest BCUT2D eigenvalue weighted by atomic mass is 16.6. The van der Waals surface area contributed by atoms with E-state index in [2.05, 4.69) is 0 Å². The van der Waals surface area contributed by atoms with Gasteiger partial charge in [-0.1, -0.05) is 0 Å². The SMILES string of the molecule is O=C1CC[C@H]2OCCC[C@H]2O1. The predicted molar refractivity (Wildman–Crippen MR) is 38.1 cm³/mol. The molecule has 0 aromatic carbocycles. The van der Waals surface area contributed by atoms with Crippen LogP contribution >= 0.6 is 0 Å². The van der Waals surface area contributed by atoms with Crippen LogP contribution in [0.3, 0.4) is 0 Å². The number of rotatable bonds is 0. The molecule has 0 N–H and O–H groups in total. The summed E-state index contributed by atoms with van der Waals surface area (Å²) in [5.41, 5.74) is 0. The first-order valence-electron chi connectivity index (χ1n) is 4.17. The second-order valence-corrected chi connectivity index (χ2v) is 3.12. The van der Waals surface area contributed by atoms with Crippen molar-refractivity contribution in [2.24, 2.45) is 0 Å². The van der Waals surface area contributed by atoms with E-state index in [1.807, 2.05) is 0 Å². The Morgan fingerprint density at radius 2 is 2.18 bits per heavy atom. The van der Waals surface area contributed by atoms with Crippen LogP contribution in [0, 0.1) is 0 Å². The molecule has 3 nitrogen and oxygen atoms in total. The van der Waals surface area contributed by atoms with Gasteiger partial charge in [-0.25, -0.2) is 0 Å².